The highest BCUT2D eigenvalue weighted by atomic mass is 32.2. The molecule has 0 aliphatic heterocycles. The van der Waals surface area contributed by atoms with Gasteiger partial charge in [0.05, 0.1) is 6.26 Å². The molecule has 3 nitrogen and oxygen atoms in total. The molecule has 0 fully saturated rings. The summed E-state index contributed by atoms with van der Waals surface area (Å²) in [5, 5.41) is 0. The first-order chi connectivity index (χ1) is 7.29. The minimum atomic E-state index is -3.12. The first-order valence-corrected chi connectivity index (χ1v) is 7.23. The maximum Gasteiger partial charge on any atom is 0.209 e. The van der Waals surface area contributed by atoms with Crippen molar-refractivity contribution in [1.82, 2.24) is 4.72 Å². The van der Waals surface area contributed by atoms with Crippen LogP contribution in [0.5, 0.6) is 0 Å². The van der Waals surface area contributed by atoms with Crippen molar-refractivity contribution in [3.8, 4) is 0 Å². The van der Waals surface area contributed by atoms with Gasteiger partial charge in [0, 0.05) is 6.54 Å². The van der Waals surface area contributed by atoms with Crippen LogP contribution in [0.2, 0.25) is 0 Å². The molecule has 0 heterocycles. The molecule has 0 aromatic heterocycles. The van der Waals surface area contributed by atoms with Gasteiger partial charge in [-0.1, -0.05) is 32.0 Å². The summed E-state index contributed by atoms with van der Waals surface area (Å²) in [6.07, 6.45) is 1.18. The molecule has 0 aliphatic carbocycles. The van der Waals surface area contributed by atoms with Crippen LogP contribution in [0.4, 0.5) is 0 Å². The Balaban J connectivity index is 2.90. The summed E-state index contributed by atoms with van der Waals surface area (Å²) in [5.41, 5.74) is 3.38. The van der Waals surface area contributed by atoms with Gasteiger partial charge in [0.25, 0.3) is 0 Å². The highest BCUT2D eigenvalue weighted by molar-refractivity contribution is 7.88. The topological polar surface area (TPSA) is 46.2 Å². The van der Waals surface area contributed by atoms with E-state index in [1.54, 1.807) is 0 Å². The van der Waals surface area contributed by atoms with Crippen LogP contribution < -0.4 is 4.72 Å². The third-order valence-corrected chi connectivity index (χ3v) is 3.23. The molecule has 1 N–H and O–H groups in total. The SMILES string of the molecule is Cc1ccc(C(C)C)cc1CNS(C)(=O)=O. The first kappa shape index (κ1) is 13.2. The molecule has 0 saturated heterocycles. The van der Waals surface area contributed by atoms with Crippen LogP contribution in [0, 0.1) is 6.92 Å². The summed E-state index contributed by atoms with van der Waals surface area (Å²) in [7, 11) is -3.12. The van der Waals surface area contributed by atoms with E-state index in [0.29, 0.717) is 12.5 Å². The highest BCUT2D eigenvalue weighted by Gasteiger charge is 2.06. The van der Waals surface area contributed by atoms with Crippen LogP contribution in [-0.4, -0.2) is 14.7 Å². The molecule has 16 heavy (non-hydrogen) atoms. The zero-order valence-electron chi connectivity index (χ0n) is 10.2. The standard InChI is InChI=1S/C12H19NO2S/c1-9(2)11-6-5-10(3)12(7-11)8-13-16(4,14)15/h5-7,9,13H,8H2,1-4H3. The lowest BCUT2D eigenvalue weighted by Gasteiger charge is -2.11. The van der Waals surface area contributed by atoms with Gasteiger partial charge in [-0.2, -0.15) is 0 Å². The predicted octanol–water partition coefficient (Wildman–Crippen LogP) is 2.17. The smallest absolute Gasteiger partial charge is 0.209 e. The van der Waals surface area contributed by atoms with Gasteiger partial charge in [-0.15, -0.1) is 0 Å². The van der Waals surface area contributed by atoms with Crippen LogP contribution in [0.15, 0.2) is 18.2 Å². The molecule has 0 radical (unpaired) electrons. The number of benzene rings is 1. The number of nitrogens with one attached hydrogen (secondary N) is 1. The summed E-state index contributed by atoms with van der Waals surface area (Å²) in [4.78, 5) is 0. The first-order valence-electron chi connectivity index (χ1n) is 5.33. The molecule has 0 spiro atoms. The third-order valence-electron chi connectivity index (χ3n) is 2.56. The van der Waals surface area contributed by atoms with E-state index in [9.17, 15) is 8.42 Å². The summed E-state index contributed by atoms with van der Waals surface area (Å²) in [6, 6.07) is 6.19. The molecule has 0 amide bonds. The maximum absolute atomic E-state index is 11.0. The Morgan fingerprint density at radius 2 is 1.94 bits per heavy atom. The van der Waals surface area contributed by atoms with Crippen molar-refractivity contribution in [2.24, 2.45) is 0 Å². The summed E-state index contributed by atoms with van der Waals surface area (Å²) < 4.78 is 24.6. The number of aryl methyl sites for hydroxylation is 1. The van der Waals surface area contributed by atoms with E-state index < -0.39 is 10.0 Å². The van der Waals surface area contributed by atoms with Crippen molar-refractivity contribution >= 4 is 10.0 Å². The molecular weight excluding hydrogens is 222 g/mol. The second-order valence-corrected chi connectivity index (χ2v) is 6.27. The molecular formula is C12H19NO2S. The largest absolute Gasteiger partial charge is 0.213 e. The van der Waals surface area contributed by atoms with Gasteiger partial charge in [-0.05, 0) is 29.5 Å². The van der Waals surface area contributed by atoms with Crippen LogP contribution in [0.3, 0.4) is 0 Å². The van der Waals surface area contributed by atoms with E-state index in [-0.39, 0.29) is 0 Å². The summed E-state index contributed by atoms with van der Waals surface area (Å²) in [6.45, 7) is 6.60. The van der Waals surface area contributed by atoms with Crippen molar-refractivity contribution < 1.29 is 8.42 Å². The van der Waals surface area contributed by atoms with Crippen LogP contribution >= 0.6 is 0 Å². The number of rotatable bonds is 4. The normalized spacial score (nSPS) is 12.1. The fourth-order valence-electron chi connectivity index (χ4n) is 1.45. The zero-order valence-corrected chi connectivity index (χ0v) is 11.1. The molecule has 1 aromatic rings. The van der Waals surface area contributed by atoms with Crippen LogP contribution in [0.25, 0.3) is 0 Å². The van der Waals surface area contributed by atoms with Gasteiger partial charge in [0.15, 0.2) is 0 Å². The summed E-state index contributed by atoms with van der Waals surface area (Å²) in [5.74, 6) is 0.456. The zero-order chi connectivity index (χ0) is 12.3. The van der Waals surface area contributed by atoms with Crippen molar-refractivity contribution in [1.29, 1.82) is 0 Å². The maximum atomic E-state index is 11.0. The average Bonchev–Trinajstić information content (AvgIpc) is 2.14. The van der Waals surface area contributed by atoms with Crippen molar-refractivity contribution in [2.75, 3.05) is 6.26 Å². The second-order valence-electron chi connectivity index (χ2n) is 4.43. The van der Waals surface area contributed by atoms with E-state index in [0.717, 1.165) is 11.1 Å². The van der Waals surface area contributed by atoms with E-state index in [1.165, 1.54) is 11.8 Å². The quantitative estimate of drug-likeness (QED) is 0.878. The highest BCUT2D eigenvalue weighted by Crippen LogP contribution is 2.18. The fraction of sp³-hybridized carbons (Fsp3) is 0.500. The Hall–Kier alpha value is -0.870. The number of hydrogen-bond acceptors (Lipinski definition) is 2. The number of hydrogen-bond donors (Lipinski definition) is 1. The van der Waals surface area contributed by atoms with E-state index in [2.05, 4.69) is 30.7 Å². The molecule has 90 valence electrons. The Morgan fingerprint density at radius 1 is 1.31 bits per heavy atom. The lowest BCUT2D eigenvalue weighted by atomic mass is 9.98. The van der Waals surface area contributed by atoms with Gasteiger partial charge in [-0.25, -0.2) is 13.1 Å². The Kier molecular flexibility index (Phi) is 4.10. The average molecular weight is 241 g/mol. The molecule has 0 bridgehead atoms. The second kappa shape index (κ2) is 4.97. The third kappa shape index (κ3) is 3.94. The molecule has 0 aliphatic rings. The lowest BCUT2D eigenvalue weighted by molar-refractivity contribution is 0.587. The number of sulfonamides is 1. The van der Waals surface area contributed by atoms with Gasteiger partial charge in [0.1, 0.15) is 0 Å². The summed E-state index contributed by atoms with van der Waals surface area (Å²) >= 11 is 0. The van der Waals surface area contributed by atoms with Crippen molar-refractivity contribution in [2.45, 2.75) is 33.2 Å². The van der Waals surface area contributed by atoms with Gasteiger partial charge < -0.3 is 0 Å². The molecule has 1 rings (SSSR count). The molecule has 0 unspecified atom stereocenters. The fourth-order valence-corrected chi connectivity index (χ4v) is 1.87. The van der Waals surface area contributed by atoms with Crippen LogP contribution in [0.1, 0.15) is 36.5 Å². The Bertz CT molecular complexity index is 464. The minimum Gasteiger partial charge on any atom is -0.213 e. The molecule has 4 heteroatoms. The van der Waals surface area contributed by atoms with Crippen LogP contribution in [-0.2, 0) is 16.6 Å². The van der Waals surface area contributed by atoms with Crippen molar-refractivity contribution in [3.63, 3.8) is 0 Å². The van der Waals surface area contributed by atoms with E-state index >= 15 is 0 Å². The van der Waals surface area contributed by atoms with Gasteiger partial charge in [0.2, 0.25) is 10.0 Å². The van der Waals surface area contributed by atoms with Gasteiger partial charge >= 0.3 is 0 Å². The monoisotopic (exact) mass is 241 g/mol. The molecule has 1 aromatic carbocycles. The molecule has 0 saturated carbocycles. The Labute approximate surface area is 97.9 Å². The van der Waals surface area contributed by atoms with E-state index in [4.69, 9.17) is 0 Å². The van der Waals surface area contributed by atoms with Gasteiger partial charge in [-0.3, -0.25) is 0 Å². The van der Waals surface area contributed by atoms with E-state index in [1.807, 2.05) is 13.0 Å². The lowest BCUT2D eigenvalue weighted by Crippen LogP contribution is -2.21. The van der Waals surface area contributed by atoms with Crippen molar-refractivity contribution in [3.05, 3.63) is 34.9 Å². The Morgan fingerprint density at radius 3 is 2.44 bits per heavy atom. The predicted molar refractivity (Wildman–Crippen MR) is 67.0 cm³/mol. The molecule has 0 atom stereocenters. The minimum absolute atomic E-state index is 0.366.